The molecule has 0 spiro atoms. The smallest absolute Gasteiger partial charge is 0.342 e. The van der Waals surface area contributed by atoms with Crippen LogP contribution in [0.1, 0.15) is 40.2 Å². The molecule has 138 valence electrons. The molecule has 0 amide bonds. The molecule has 0 aliphatic carbocycles. The van der Waals surface area contributed by atoms with Crippen LogP contribution in [0.3, 0.4) is 0 Å². The number of anilines is 1. The minimum Gasteiger partial charge on any atom is -0.459 e. The number of hydrogen-bond donors (Lipinski definition) is 1. The summed E-state index contributed by atoms with van der Waals surface area (Å²) in [6, 6.07) is 7.66. The van der Waals surface area contributed by atoms with Crippen molar-refractivity contribution < 1.29 is 14.3 Å². The van der Waals surface area contributed by atoms with Crippen LogP contribution >= 0.6 is 0 Å². The third-order valence-electron chi connectivity index (χ3n) is 3.79. The number of carbonyl (C=O) groups is 2. The Morgan fingerprint density at radius 3 is 2.48 bits per heavy atom. The molecule has 1 rings (SSSR count). The van der Waals surface area contributed by atoms with Crippen LogP contribution in [0.4, 0.5) is 5.69 Å². The summed E-state index contributed by atoms with van der Waals surface area (Å²) < 4.78 is 5.14. The van der Waals surface area contributed by atoms with Crippen LogP contribution in [0.2, 0.25) is 0 Å². The van der Waals surface area contributed by atoms with Gasteiger partial charge in [0.25, 0.3) is 0 Å². The summed E-state index contributed by atoms with van der Waals surface area (Å²) in [4.78, 5) is 26.2. The van der Waals surface area contributed by atoms with Gasteiger partial charge in [-0.05, 0) is 57.6 Å². The normalized spacial score (nSPS) is 11.7. The first kappa shape index (κ1) is 20.9. The average molecular weight is 346 g/mol. The number of esters is 1. The molecular formula is C20H30N2O3. The van der Waals surface area contributed by atoms with Gasteiger partial charge in [0.15, 0.2) is 5.78 Å². The second-order valence-electron chi connectivity index (χ2n) is 6.15. The maximum absolute atomic E-state index is 12.1. The summed E-state index contributed by atoms with van der Waals surface area (Å²) in [5, 5.41) is 3.38. The van der Waals surface area contributed by atoms with Gasteiger partial charge in [0, 0.05) is 18.8 Å². The molecule has 0 fully saturated rings. The van der Waals surface area contributed by atoms with Gasteiger partial charge in [-0.15, -0.1) is 0 Å². The lowest BCUT2D eigenvalue weighted by Crippen LogP contribution is -2.28. The predicted molar refractivity (Wildman–Crippen MR) is 103 cm³/mol. The molecule has 0 aliphatic heterocycles. The van der Waals surface area contributed by atoms with Crippen LogP contribution in [0.15, 0.2) is 29.8 Å². The van der Waals surface area contributed by atoms with Gasteiger partial charge in [-0.25, -0.2) is 4.79 Å². The molecule has 0 radical (unpaired) electrons. The van der Waals surface area contributed by atoms with Crippen molar-refractivity contribution in [2.75, 3.05) is 31.5 Å². The Bertz CT molecular complexity index is 605. The zero-order valence-electron chi connectivity index (χ0n) is 16.0. The Balaban J connectivity index is 2.83. The van der Waals surface area contributed by atoms with Gasteiger partial charge >= 0.3 is 5.97 Å². The van der Waals surface area contributed by atoms with Crippen LogP contribution in [0.5, 0.6) is 0 Å². The lowest BCUT2D eigenvalue weighted by Gasteiger charge is -2.18. The van der Waals surface area contributed by atoms with Gasteiger partial charge in [-0.3, -0.25) is 4.79 Å². The summed E-state index contributed by atoms with van der Waals surface area (Å²) in [7, 11) is 0. The molecule has 5 heteroatoms. The van der Waals surface area contributed by atoms with Crippen molar-refractivity contribution in [1.29, 1.82) is 0 Å². The number of rotatable bonds is 10. The van der Waals surface area contributed by atoms with E-state index < -0.39 is 5.97 Å². The molecule has 1 aromatic rings. The first-order chi connectivity index (χ1) is 11.9. The first-order valence-corrected chi connectivity index (χ1v) is 8.87. The van der Waals surface area contributed by atoms with Gasteiger partial charge in [0.1, 0.15) is 5.57 Å². The fourth-order valence-corrected chi connectivity index (χ4v) is 2.39. The number of nitrogens with zero attached hydrogens (tertiary/aromatic N) is 1. The quantitative estimate of drug-likeness (QED) is 0.305. The second kappa shape index (κ2) is 10.7. The molecule has 1 N–H and O–H groups in total. The molecule has 0 saturated carbocycles. The highest BCUT2D eigenvalue weighted by atomic mass is 16.5. The summed E-state index contributed by atoms with van der Waals surface area (Å²) >= 11 is 0. The molecule has 1 aromatic carbocycles. The number of carbonyl (C=O) groups excluding carboxylic acids is 2. The van der Waals surface area contributed by atoms with E-state index in [2.05, 4.69) is 24.1 Å². The molecule has 25 heavy (non-hydrogen) atoms. The minimum absolute atomic E-state index is 0.0639. The molecule has 0 aromatic heterocycles. The molecular weight excluding hydrogens is 316 g/mol. The van der Waals surface area contributed by atoms with E-state index in [0.717, 1.165) is 37.4 Å². The maximum atomic E-state index is 12.1. The topological polar surface area (TPSA) is 58.6 Å². The van der Waals surface area contributed by atoms with Crippen molar-refractivity contribution in [2.45, 2.75) is 40.7 Å². The highest BCUT2D eigenvalue weighted by Crippen LogP contribution is 2.15. The van der Waals surface area contributed by atoms with E-state index in [0.29, 0.717) is 0 Å². The van der Waals surface area contributed by atoms with E-state index in [1.165, 1.54) is 6.92 Å². The highest BCUT2D eigenvalue weighted by molar-refractivity contribution is 6.19. The van der Waals surface area contributed by atoms with Crippen LogP contribution in [-0.2, 0) is 14.3 Å². The van der Waals surface area contributed by atoms with E-state index in [4.69, 9.17) is 4.74 Å². The van der Waals surface area contributed by atoms with E-state index in [1.807, 2.05) is 24.3 Å². The Hall–Kier alpha value is -2.14. The third kappa shape index (κ3) is 7.52. The van der Waals surface area contributed by atoms with E-state index in [1.54, 1.807) is 19.9 Å². The SMILES string of the molecule is CCN(CC)CCNc1cccc(C=C(C(C)=O)C(=O)OC(C)C)c1. The van der Waals surface area contributed by atoms with Gasteiger partial charge in [0.05, 0.1) is 6.10 Å². The fraction of sp³-hybridized carbons (Fsp3) is 0.500. The summed E-state index contributed by atoms with van der Waals surface area (Å²) in [5.41, 5.74) is 1.81. The summed E-state index contributed by atoms with van der Waals surface area (Å²) in [5.74, 6) is -0.882. The van der Waals surface area contributed by atoms with Crippen molar-refractivity contribution in [1.82, 2.24) is 4.90 Å². The average Bonchev–Trinajstić information content (AvgIpc) is 2.56. The van der Waals surface area contributed by atoms with Crippen LogP contribution < -0.4 is 5.32 Å². The molecule has 0 bridgehead atoms. The monoisotopic (exact) mass is 346 g/mol. The zero-order valence-corrected chi connectivity index (χ0v) is 16.0. The van der Waals surface area contributed by atoms with Crippen LogP contribution in [0, 0.1) is 0 Å². The van der Waals surface area contributed by atoms with Crippen molar-refractivity contribution >= 4 is 23.5 Å². The number of nitrogens with one attached hydrogen (secondary N) is 1. The Morgan fingerprint density at radius 2 is 1.92 bits per heavy atom. The first-order valence-electron chi connectivity index (χ1n) is 8.87. The van der Waals surface area contributed by atoms with Crippen molar-refractivity contribution in [3.05, 3.63) is 35.4 Å². The zero-order chi connectivity index (χ0) is 18.8. The largest absolute Gasteiger partial charge is 0.459 e. The van der Waals surface area contributed by atoms with E-state index in [9.17, 15) is 9.59 Å². The van der Waals surface area contributed by atoms with Crippen LogP contribution in [0.25, 0.3) is 6.08 Å². The Labute approximate surface area is 151 Å². The van der Waals surface area contributed by atoms with Crippen molar-refractivity contribution in [3.63, 3.8) is 0 Å². The fourth-order valence-electron chi connectivity index (χ4n) is 2.39. The molecule has 0 unspecified atom stereocenters. The minimum atomic E-state index is -0.581. The number of benzene rings is 1. The summed E-state index contributed by atoms with van der Waals surface area (Å²) in [6.45, 7) is 13.0. The Morgan fingerprint density at radius 1 is 1.24 bits per heavy atom. The predicted octanol–water partition coefficient (Wildman–Crippen LogP) is 3.36. The number of ketones is 1. The molecule has 0 heterocycles. The number of Topliss-reactive ketones (excluding diaryl/α,β-unsaturated/α-hetero) is 1. The van der Waals surface area contributed by atoms with Gasteiger partial charge in [0.2, 0.25) is 0 Å². The molecule has 0 atom stereocenters. The Kier molecular flexibility index (Phi) is 8.92. The van der Waals surface area contributed by atoms with Gasteiger partial charge in [-0.2, -0.15) is 0 Å². The number of likely N-dealkylation sites (N-methyl/N-ethyl adjacent to an activating group) is 1. The second-order valence-corrected chi connectivity index (χ2v) is 6.15. The number of ether oxygens (including phenoxy) is 1. The maximum Gasteiger partial charge on any atom is 0.342 e. The van der Waals surface area contributed by atoms with E-state index >= 15 is 0 Å². The number of hydrogen-bond acceptors (Lipinski definition) is 5. The summed E-state index contributed by atoms with van der Waals surface area (Å²) in [6.07, 6.45) is 1.33. The lowest BCUT2D eigenvalue weighted by molar-refractivity contribution is -0.143. The van der Waals surface area contributed by atoms with Crippen molar-refractivity contribution in [2.24, 2.45) is 0 Å². The van der Waals surface area contributed by atoms with Gasteiger partial charge < -0.3 is 15.0 Å². The van der Waals surface area contributed by atoms with Gasteiger partial charge in [-0.1, -0.05) is 26.0 Å². The highest BCUT2D eigenvalue weighted by Gasteiger charge is 2.17. The molecule has 5 nitrogen and oxygen atoms in total. The standard InChI is InChI=1S/C20H30N2O3/c1-6-22(7-2)12-11-21-18-10-8-9-17(13-18)14-19(16(5)23)20(24)25-15(3)4/h8-10,13-15,21H,6-7,11-12H2,1-5H3. The third-order valence-corrected chi connectivity index (χ3v) is 3.79. The van der Waals surface area contributed by atoms with Crippen molar-refractivity contribution in [3.8, 4) is 0 Å². The molecule has 0 aliphatic rings. The molecule has 0 saturated heterocycles. The van der Waals surface area contributed by atoms with E-state index in [-0.39, 0.29) is 17.5 Å². The lowest BCUT2D eigenvalue weighted by atomic mass is 10.1. The van der Waals surface area contributed by atoms with Crippen LogP contribution in [-0.4, -0.2) is 48.9 Å².